The summed E-state index contributed by atoms with van der Waals surface area (Å²) in [7, 11) is 0. The highest BCUT2D eigenvalue weighted by atomic mass is 32.1. The van der Waals surface area contributed by atoms with Crippen LogP contribution in [0, 0.1) is 4.77 Å². The Balaban J connectivity index is 2.36. The zero-order chi connectivity index (χ0) is 12.5. The second kappa shape index (κ2) is 4.97. The Morgan fingerprint density at radius 1 is 1.18 bits per heavy atom. The molecule has 2 nitrogen and oxygen atoms in total. The third-order valence-electron chi connectivity index (χ3n) is 3.77. The normalized spacial score (nSPS) is 19.2. The Morgan fingerprint density at radius 2 is 1.76 bits per heavy atom. The van der Waals surface area contributed by atoms with Gasteiger partial charge in [-0.25, -0.2) is 0 Å². The van der Waals surface area contributed by atoms with Crippen molar-refractivity contribution >= 4 is 12.2 Å². The summed E-state index contributed by atoms with van der Waals surface area (Å²) in [6, 6.07) is 0.616. The SMILES string of the molecule is CC(C)(C)c1c[nH]c(=S)n1C1CCCCCC1. The molecule has 0 bridgehead atoms. The van der Waals surface area contributed by atoms with Crippen molar-refractivity contribution in [3.8, 4) is 0 Å². The molecule has 0 spiro atoms. The lowest BCUT2D eigenvalue weighted by atomic mass is 9.92. The molecule has 1 N–H and O–H groups in total. The fourth-order valence-corrected chi connectivity index (χ4v) is 3.14. The quantitative estimate of drug-likeness (QED) is 0.565. The Bertz CT molecular complexity index is 414. The van der Waals surface area contributed by atoms with Crippen molar-refractivity contribution in [2.75, 3.05) is 0 Å². The molecule has 1 aromatic heterocycles. The van der Waals surface area contributed by atoms with E-state index in [2.05, 4.69) is 36.5 Å². The van der Waals surface area contributed by atoms with E-state index in [1.165, 1.54) is 44.2 Å². The predicted octanol–water partition coefficient (Wildman–Crippen LogP) is 4.74. The third-order valence-corrected chi connectivity index (χ3v) is 4.08. The maximum atomic E-state index is 5.47. The summed E-state index contributed by atoms with van der Waals surface area (Å²) in [5.74, 6) is 0. The van der Waals surface area contributed by atoms with Crippen LogP contribution in [0.5, 0.6) is 0 Å². The van der Waals surface area contributed by atoms with Crippen molar-refractivity contribution in [3.63, 3.8) is 0 Å². The second-order valence-corrected chi connectivity index (χ2v) is 6.63. The highest BCUT2D eigenvalue weighted by Crippen LogP contribution is 2.32. The van der Waals surface area contributed by atoms with Crippen LogP contribution in [-0.2, 0) is 5.41 Å². The summed E-state index contributed by atoms with van der Waals surface area (Å²) >= 11 is 5.47. The van der Waals surface area contributed by atoms with Gasteiger partial charge in [0, 0.05) is 23.3 Å². The number of imidazole rings is 1. The standard InChI is InChI=1S/C14H24N2S/c1-14(2,3)12-10-15-13(17)16(12)11-8-6-4-5-7-9-11/h10-11H,4-9H2,1-3H3,(H,15,17). The van der Waals surface area contributed by atoms with Gasteiger partial charge in [0.25, 0.3) is 0 Å². The van der Waals surface area contributed by atoms with E-state index in [1.54, 1.807) is 0 Å². The molecule has 0 aromatic carbocycles. The lowest BCUT2D eigenvalue weighted by molar-refractivity contribution is 0.399. The zero-order valence-corrected chi connectivity index (χ0v) is 12.1. The van der Waals surface area contributed by atoms with Crippen LogP contribution < -0.4 is 0 Å². The van der Waals surface area contributed by atoms with Crippen molar-refractivity contribution in [3.05, 3.63) is 16.7 Å². The van der Waals surface area contributed by atoms with Gasteiger partial charge in [0.15, 0.2) is 4.77 Å². The molecule has 0 amide bonds. The molecule has 17 heavy (non-hydrogen) atoms. The van der Waals surface area contributed by atoms with Crippen molar-refractivity contribution < 1.29 is 0 Å². The van der Waals surface area contributed by atoms with Crippen molar-refractivity contribution in [1.82, 2.24) is 9.55 Å². The van der Waals surface area contributed by atoms with Crippen LogP contribution >= 0.6 is 12.2 Å². The first kappa shape index (κ1) is 12.9. The van der Waals surface area contributed by atoms with Crippen LogP contribution in [0.4, 0.5) is 0 Å². The van der Waals surface area contributed by atoms with E-state index >= 15 is 0 Å². The number of hydrogen-bond acceptors (Lipinski definition) is 1. The minimum absolute atomic E-state index is 0.167. The number of rotatable bonds is 1. The number of H-pyrrole nitrogens is 1. The smallest absolute Gasteiger partial charge is 0.177 e. The number of aromatic amines is 1. The summed E-state index contributed by atoms with van der Waals surface area (Å²) < 4.78 is 3.29. The molecule has 1 aliphatic rings. The van der Waals surface area contributed by atoms with Gasteiger partial charge in [-0.05, 0) is 25.1 Å². The Morgan fingerprint density at radius 3 is 2.29 bits per heavy atom. The third kappa shape index (κ3) is 2.82. The molecule has 3 heteroatoms. The van der Waals surface area contributed by atoms with Crippen molar-refractivity contribution in [2.24, 2.45) is 0 Å². The van der Waals surface area contributed by atoms with Gasteiger partial charge in [0.05, 0.1) is 0 Å². The summed E-state index contributed by atoms with van der Waals surface area (Å²) in [6.07, 6.45) is 10.2. The van der Waals surface area contributed by atoms with E-state index in [9.17, 15) is 0 Å². The molecule has 0 aliphatic heterocycles. The maximum Gasteiger partial charge on any atom is 0.177 e. The van der Waals surface area contributed by atoms with E-state index in [1.807, 2.05) is 0 Å². The number of hydrogen-bond donors (Lipinski definition) is 1. The largest absolute Gasteiger partial charge is 0.337 e. The lowest BCUT2D eigenvalue weighted by Gasteiger charge is -2.26. The van der Waals surface area contributed by atoms with Crippen molar-refractivity contribution in [1.29, 1.82) is 0 Å². The van der Waals surface area contributed by atoms with Crippen LogP contribution in [0.1, 0.15) is 71.0 Å². The van der Waals surface area contributed by atoms with Gasteiger partial charge in [-0.15, -0.1) is 0 Å². The van der Waals surface area contributed by atoms with E-state index in [0.717, 1.165) is 4.77 Å². The predicted molar refractivity (Wildman–Crippen MR) is 75.1 cm³/mol. The first-order valence-electron chi connectivity index (χ1n) is 6.80. The highest BCUT2D eigenvalue weighted by molar-refractivity contribution is 7.71. The summed E-state index contributed by atoms with van der Waals surface area (Å²) in [6.45, 7) is 6.79. The van der Waals surface area contributed by atoms with Crippen LogP contribution in [0.3, 0.4) is 0 Å². The molecule has 1 saturated carbocycles. The summed E-state index contributed by atoms with van der Waals surface area (Å²) in [4.78, 5) is 3.24. The van der Waals surface area contributed by atoms with E-state index in [0.29, 0.717) is 6.04 Å². The van der Waals surface area contributed by atoms with Gasteiger partial charge < -0.3 is 9.55 Å². The van der Waals surface area contributed by atoms with Gasteiger partial charge in [0.2, 0.25) is 0 Å². The van der Waals surface area contributed by atoms with Crippen LogP contribution in [0.25, 0.3) is 0 Å². The van der Waals surface area contributed by atoms with Crippen LogP contribution in [0.15, 0.2) is 6.20 Å². The van der Waals surface area contributed by atoms with Crippen LogP contribution in [-0.4, -0.2) is 9.55 Å². The van der Waals surface area contributed by atoms with E-state index < -0.39 is 0 Å². The van der Waals surface area contributed by atoms with Gasteiger partial charge in [0.1, 0.15) is 0 Å². The highest BCUT2D eigenvalue weighted by Gasteiger charge is 2.24. The Hall–Kier alpha value is -0.570. The molecule has 2 rings (SSSR count). The Kier molecular flexibility index (Phi) is 3.76. The molecule has 0 radical (unpaired) electrons. The molecular formula is C14H24N2S. The monoisotopic (exact) mass is 252 g/mol. The second-order valence-electron chi connectivity index (χ2n) is 6.24. The Labute approximate surface area is 109 Å². The lowest BCUT2D eigenvalue weighted by Crippen LogP contribution is -2.21. The van der Waals surface area contributed by atoms with Gasteiger partial charge in [-0.2, -0.15) is 0 Å². The summed E-state index contributed by atoms with van der Waals surface area (Å²) in [5, 5.41) is 0. The van der Waals surface area contributed by atoms with E-state index in [4.69, 9.17) is 12.2 Å². The number of aromatic nitrogens is 2. The molecule has 0 atom stereocenters. The average Bonchev–Trinajstić information content (AvgIpc) is 2.50. The van der Waals surface area contributed by atoms with E-state index in [-0.39, 0.29) is 5.41 Å². The summed E-state index contributed by atoms with van der Waals surface area (Å²) in [5.41, 5.74) is 1.52. The minimum Gasteiger partial charge on any atom is -0.337 e. The first-order valence-corrected chi connectivity index (χ1v) is 7.21. The topological polar surface area (TPSA) is 20.7 Å². The van der Waals surface area contributed by atoms with Crippen molar-refractivity contribution in [2.45, 2.75) is 70.8 Å². The maximum absolute atomic E-state index is 5.47. The van der Waals surface area contributed by atoms with Gasteiger partial charge >= 0.3 is 0 Å². The average molecular weight is 252 g/mol. The zero-order valence-electron chi connectivity index (χ0n) is 11.3. The first-order chi connectivity index (χ1) is 8.00. The number of nitrogens with one attached hydrogen (secondary N) is 1. The molecule has 0 saturated heterocycles. The molecule has 1 aliphatic carbocycles. The van der Waals surface area contributed by atoms with Gasteiger partial charge in [-0.1, -0.05) is 46.5 Å². The fraction of sp³-hybridized carbons (Fsp3) is 0.786. The van der Waals surface area contributed by atoms with Crippen LogP contribution in [0.2, 0.25) is 0 Å². The minimum atomic E-state index is 0.167. The number of nitrogens with zero attached hydrogens (tertiary/aromatic N) is 1. The molecule has 1 aromatic rings. The van der Waals surface area contributed by atoms with Gasteiger partial charge in [-0.3, -0.25) is 0 Å². The molecule has 96 valence electrons. The molecule has 0 unspecified atom stereocenters. The molecule has 1 heterocycles. The molecular weight excluding hydrogens is 228 g/mol. The fourth-order valence-electron chi connectivity index (χ4n) is 2.83. The molecule has 1 fully saturated rings.